The van der Waals surface area contributed by atoms with Crippen LogP contribution in [0.25, 0.3) is 0 Å². The van der Waals surface area contributed by atoms with Gasteiger partial charge in [-0.15, -0.1) is 0 Å². The third kappa shape index (κ3) is 2.71. The van der Waals surface area contributed by atoms with Crippen LogP contribution in [0.3, 0.4) is 0 Å². The molecule has 0 aromatic heterocycles. The van der Waals surface area contributed by atoms with Crippen molar-refractivity contribution < 1.29 is 9.18 Å². The van der Waals surface area contributed by atoms with Crippen molar-refractivity contribution >= 4 is 23.0 Å². The highest BCUT2D eigenvalue weighted by molar-refractivity contribution is 6.07. The van der Waals surface area contributed by atoms with Gasteiger partial charge in [-0.05, 0) is 37.3 Å². The van der Waals surface area contributed by atoms with Gasteiger partial charge in [0.25, 0.3) is 5.91 Å². The van der Waals surface area contributed by atoms with Crippen LogP contribution in [0.5, 0.6) is 0 Å². The molecule has 4 N–H and O–H groups in total. The Balaban J connectivity index is 2.42. The number of nitrogens with two attached hydrogens (primary N) is 2. The summed E-state index contributed by atoms with van der Waals surface area (Å²) in [5.74, 6) is -0.781. The van der Waals surface area contributed by atoms with Gasteiger partial charge in [0.2, 0.25) is 0 Å². The van der Waals surface area contributed by atoms with E-state index in [1.807, 2.05) is 0 Å². The third-order valence-corrected chi connectivity index (χ3v) is 2.93. The van der Waals surface area contributed by atoms with Crippen LogP contribution in [0, 0.1) is 5.82 Å². The van der Waals surface area contributed by atoms with Crippen molar-refractivity contribution in [2.24, 2.45) is 0 Å². The summed E-state index contributed by atoms with van der Waals surface area (Å²) >= 11 is 0. The largest absolute Gasteiger partial charge is 0.399 e. The number of anilines is 3. The Morgan fingerprint density at radius 1 is 1.15 bits per heavy atom. The highest BCUT2D eigenvalue weighted by Gasteiger charge is 2.19. The molecule has 0 radical (unpaired) electrons. The van der Waals surface area contributed by atoms with Crippen LogP contribution in [0.4, 0.5) is 21.5 Å². The number of para-hydroxylation sites is 1. The molecule has 104 valence electrons. The van der Waals surface area contributed by atoms with E-state index in [0.29, 0.717) is 23.5 Å². The topological polar surface area (TPSA) is 72.3 Å². The molecule has 0 aliphatic rings. The Kier molecular flexibility index (Phi) is 3.89. The normalized spacial score (nSPS) is 10.3. The van der Waals surface area contributed by atoms with Crippen molar-refractivity contribution in [1.82, 2.24) is 0 Å². The van der Waals surface area contributed by atoms with Gasteiger partial charge in [-0.1, -0.05) is 12.1 Å². The van der Waals surface area contributed by atoms with Crippen molar-refractivity contribution in [3.8, 4) is 0 Å². The maximum Gasteiger partial charge on any atom is 0.258 e. The summed E-state index contributed by atoms with van der Waals surface area (Å²) < 4.78 is 13.8. The van der Waals surface area contributed by atoms with E-state index in [2.05, 4.69) is 0 Å². The Labute approximate surface area is 116 Å². The molecule has 5 heteroatoms. The SMILES string of the molecule is CCN(C(=O)c1cc(N)cc(N)c1)c1ccccc1F. The van der Waals surface area contributed by atoms with Crippen LogP contribution in [-0.2, 0) is 0 Å². The van der Waals surface area contributed by atoms with Gasteiger partial charge in [0.1, 0.15) is 5.82 Å². The zero-order valence-electron chi connectivity index (χ0n) is 11.1. The smallest absolute Gasteiger partial charge is 0.258 e. The van der Waals surface area contributed by atoms with Gasteiger partial charge in [-0.25, -0.2) is 4.39 Å². The molecule has 0 heterocycles. The van der Waals surface area contributed by atoms with Crippen LogP contribution < -0.4 is 16.4 Å². The molecule has 1 amide bonds. The number of carbonyl (C=O) groups is 1. The first-order chi connectivity index (χ1) is 9.52. The van der Waals surface area contributed by atoms with E-state index in [0.717, 1.165) is 0 Å². The molecule has 20 heavy (non-hydrogen) atoms. The van der Waals surface area contributed by atoms with Gasteiger partial charge >= 0.3 is 0 Å². The zero-order chi connectivity index (χ0) is 14.7. The minimum Gasteiger partial charge on any atom is -0.399 e. The molecule has 0 bridgehead atoms. The maximum absolute atomic E-state index is 13.8. The van der Waals surface area contributed by atoms with Gasteiger partial charge in [0.05, 0.1) is 5.69 Å². The van der Waals surface area contributed by atoms with Crippen molar-refractivity contribution in [2.45, 2.75) is 6.92 Å². The molecule has 2 aromatic carbocycles. The van der Waals surface area contributed by atoms with E-state index >= 15 is 0 Å². The fourth-order valence-electron chi connectivity index (χ4n) is 2.05. The fraction of sp³-hybridized carbons (Fsp3) is 0.133. The Hall–Kier alpha value is -2.56. The first kappa shape index (κ1) is 13.9. The van der Waals surface area contributed by atoms with Crippen molar-refractivity contribution in [2.75, 3.05) is 22.9 Å². The average molecular weight is 273 g/mol. The maximum atomic E-state index is 13.8. The van der Waals surface area contributed by atoms with Crippen LogP contribution in [0.1, 0.15) is 17.3 Å². The molecule has 0 saturated carbocycles. The first-order valence-electron chi connectivity index (χ1n) is 6.25. The van der Waals surface area contributed by atoms with Gasteiger partial charge in [0, 0.05) is 23.5 Å². The Morgan fingerprint density at radius 3 is 2.30 bits per heavy atom. The summed E-state index contributed by atoms with van der Waals surface area (Å²) in [6.45, 7) is 2.12. The number of rotatable bonds is 3. The summed E-state index contributed by atoms with van der Waals surface area (Å²) in [5, 5.41) is 0. The van der Waals surface area contributed by atoms with Gasteiger partial charge in [0.15, 0.2) is 0 Å². The third-order valence-electron chi connectivity index (χ3n) is 2.93. The van der Waals surface area contributed by atoms with E-state index in [1.54, 1.807) is 31.2 Å². The summed E-state index contributed by atoms with van der Waals surface area (Å²) in [6, 6.07) is 10.8. The van der Waals surface area contributed by atoms with Crippen molar-refractivity contribution in [3.05, 3.63) is 53.8 Å². The number of hydrogen-bond donors (Lipinski definition) is 2. The number of benzene rings is 2. The van der Waals surface area contributed by atoms with E-state index in [4.69, 9.17) is 11.5 Å². The summed E-state index contributed by atoms with van der Waals surface area (Å²) in [7, 11) is 0. The minimum atomic E-state index is -0.445. The van der Waals surface area contributed by atoms with Crippen molar-refractivity contribution in [1.29, 1.82) is 0 Å². The second-order valence-corrected chi connectivity index (χ2v) is 4.39. The quantitative estimate of drug-likeness (QED) is 0.844. The van der Waals surface area contributed by atoms with E-state index in [1.165, 1.54) is 23.1 Å². The molecular weight excluding hydrogens is 257 g/mol. The molecule has 0 aliphatic heterocycles. The monoisotopic (exact) mass is 273 g/mol. The van der Waals surface area contributed by atoms with E-state index in [-0.39, 0.29) is 11.6 Å². The van der Waals surface area contributed by atoms with Crippen LogP contribution in [-0.4, -0.2) is 12.5 Å². The predicted molar refractivity (Wildman–Crippen MR) is 79.0 cm³/mol. The molecule has 0 unspecified atom stereocenters. The molecule has 0 atom stereocenters. The van der Waals surface area contributed by atoms with Crippen LogP contribution in [0.15, 0.2) is 42.5 Å². The second kappa shape index (κ2) is 5.61. The molecule has 0 fully saturated rings. The number of carbonyl (C=O) groups excluding carboxylic acids is 1. The van der Waals surface area contributed by atoms with E-state index < -0.39 is 5.82 Å². The molecule has 2 rings (SSSR count). The molecular formula is C15H16FN3O. The zero-order valence-corrected chi connectivity index (χ0v) is 11.1. The number of halogens is 1. The lowest BCUT2D eigenvalue weighted by molar-refractivity contribution is 0.0987. The molecule has 0 spiro atoms. The second-order valence-electron chi connectivity index (χ2n) is 4.39. The molecule has 0 aliphatic carbocycles. The number of hydrogen-bond acceptors (Lipinski definition) is 3. The van der Waals surface area contributed by atoms with Crippen molar-refractivity contribution in [3.63, 3.8) is 0 Å². The minimum absolute atomic E-state index is 0.237. The van der Waals surface area contributed by atoms with E-state index in [9.17, 15) is 9.18 Å². The van der Waals surface area contributed by atoms with Crippen LogP contribution in [0.2, 0.25) is 0 Å². The van der Waals surface area contributed by atoms with Crippen LogP contribution >= 0.6 is 0 Å². The fourth-order valence-corrected chi connectivity index (χ4v) is 2.05. The van der Waals surface area contributed by atoms with Gasteiger partial charge in [-0.3, -0.25) is 4.79 Å². The Bertz CT molecular complexity index is 623. The predicted octanol–water partition coefficient (Wildman–Crippen LogP) is 2.66. The summed E-state index contributed by atoms with van der Waals surface area (Å²) in [5.41, 5.74) is 12.7. The first-order valence-corrected chi connectivity index (χ1v) is 6.25. The van der Waals surface area contributed by atoms with Gasteiger partial charge in [-0.2, -0.15) is 0 Å². The number of nitrogen functional groups attached to an aromatic ring is 2. The molecule has 0 saturated heterocycles. The number of nitrogens with zero attached hydrogens (tertiary/aromatic N) is 1. The lowest BCUT2D eigenvalue weighted by Crippen LogP contribution is -2.31. The summed E-state index contributed by atoms with van der Waals surface area (Å²) in [6.07, 6.45) is 0. The summed E-state index contributed by atoms with van der Waals surface area (Å²) in [4.78, 5) is 13.8. The number of amides is 1. The lowest BCUT2D eigenvalue weighted by Gasteiger charge is -2.22. The van der Waals surface area contributed by atoms with Gasteiger partial charge < -0.3 is 16.4 Å². The highest BCUT2D eigenvalue weighted by atomic mass is 19.1. The molecule has 4 nitrogen and oxygen atoms in total. The Morgan fingerprint density at radius 2 is 1.75 bits per heavy atom. The highest BCUT2D eigenvalue weighted by Crippen LogP contribution is 2.22. The lowest BCUT2D eigenvalue weighted by atomic mass is 10.1. The standard InChI is InChI=1S/C15H16FN3O/c1-2-19(14-6-4-3-5-13(14)16)15(20)10-7-11(17)9-12(18)8-10/h3-9H,2,17-18H2,1H3. The average Bonchev–Trinajstić information content (AvgIpc) is 2.40. The molecule has 2 aromatic rings.